The Balaban J connectivity index is 2.91. The molecule has 1 aromatic carbocycles. The number of ether oxygens (including phenoxy) is 1. The second-order valence-electron chi connectivity index (χ2n) is 3.83. The number of carboxylic acids is 1. The molecule has 15 heavy (non-hydrogen) atoms. The molecular weight excluding hydrogens is 216 g/mol. The highest BCUT2D eigenvalue weighted by Gasteiger charge is 2.29. The van der Waals surface area contributed by atoms with E-state index in [1.165, 1.54) is 13.8 Å². The Morgan fingerprint density at radius 2 is 2.07 bits per heavy atom. The van der Waals surface area contributed by atoms with Gasteiger partial charge in [0.25, 0.3) is 0 Å². The van der Waals surface area contributed by atoms with E-state index in [1.54, 1.807) is 18.2 Å². The van der Waals surface area contributed by atoms with Gasteiger partial charge in [0.15, 0.2) is 5.60 Å². The van der Waals surface area contributed by atoms with Crippen LogP contribution in [0, 0.1) is 6.92 Å². The van der Waals surface area contributed by atoms with Crippen molar-refractivity contribution >= 4 is 17.6 Å². The number of halogens is 1. The fourth-order valence-electron chi connectivity index (χ4n) is 1.02. The molecule has 0 heterocycles. The predicted molar refractivity (Wildman–Crippen MR) is 58.5 cm³/mol. The van der Waals surface area contributed by atoms with Gasteiger partial charge in [0.2, 0.25) is 0 Å². The van der Waals surface area contributed by atoms with Gasteiger partial charge in [0.1, 0.15) is 5.75 Å². The molecule has 0 atom stereocenters. The molecule has 0 spiro atoms. The summed E-state index contributed by atoms with van der Waals surface area (Å²) in [7, 11) is 0. The molecule has 1 N–H and O–H groups in total. The zero-order chi connectivity index (χ0) is 11.6. The fourth-order valence-corrected chi connectivity index (χ4v) is 1.14. The van der Waals surface area contributed by atoms with Crippen molar-refractivity contribution in [1.29, 1.82) is 0 Å². The maximum Gasteiger partial charge on any atom is 0.347 e. The fraction of sp³-hybridized carbons (Fsp3) is 0.364. The van der Waals surface area contributed by atoms with E-state index in [2.05, 4.69) is 0 Å². The molecule has 0 radical (unpaired) electrons. The van der Waals surface area contributed by atoms with E-state index >= 15 is 0 Å². The number of rotatable bonds is 3. The Bertz CT molecular complexity index is 385. The van der Waals surface area contributed by atoms with Crippen molar-refractivity contribution in [2.24, 2.45) is 0 Å². The van der Waals surface area contributed by atoms with E-state index in [-0.39, 0.29) is 0 Å². The largest absolute Gasteiger partial charge is 0.478 e. The lowest BCUT2D eigenvalue weighted by molar-refractivity contribution is -0.152. The van der Waals surface area contributed by atoms with Crippen LogP contribution in [0.2, 0.25) is 5.02 Å². The highest BCUT2D eigenvalue weighted by atomic mass is 35.5. The van der Waals surface area contributed by atoms with Crippen LogP contribution in [-0.4, -0.2) is 16.7 Å². The molecule has 82 valence electrons. The van der Waals surface area contributed by atoms with Gasteiger partial charge in [-0.25, -0.2) is 4.79 Å². The molecule has 0 unspecified atom stereocenters. The quantitative estimate of drug-likeness (QED) is 0.865. The van der Waals surface area contributed by atoms with Gasteiger partial charge in [-0.05, 0) is 44.5 Å². The number of benzene rings is 1. The Morgan fingerprint density at radius 1 is 1.47 bits per heavy atom. The molecule has 0 saturated heterocycles. The molecule has 0 saturated carbocycles. The van der Waals surface area contributed by atoms with Gasteiger partial charge in [0.05, 0.1) is 0 Å². The molecular formula is C11H13ClO3. The average molecular weight is 229 g/mol. The molecule has 0 fully saturated rings. The number of aliphatic carboxylic acids is 1. The lowest BCUT2D eigenvalue weighted by Crippen LogP contribution is -2.37. The van der Waals surface area contributed by atoms with Gasteiger partial charge in [-0.1, -0.05) is 11.6 Å². The van der Waals surface area contributed by atoms with E-state index in [9.17, 15) is 4.79 Å². The molecule has 0 aliphatic rings. The van der Waals surface area contributed by atoms with Gasteiger partial charge >= 0.3 is 5.97 Å². The lowest BCUT2D eigenvalue weighted by atomic mass is 10.1. The summed E-state index contributed by atoms with van der Waals surface area (Å²) in [6.07, 6.45) is 0. The molecule has 4 heteroatoms. The first-order valence-electron chi connectivity index (χ1n) is 4.51. The summed E-state index contributed by atoms with van der Waals surface area (Å²) in [5.74, 6) is -0.501. The number of aryl methyl sites for hydroxylation is 1. The molecule has 1 rings (SSSR count). The second kappa shape index (κ2) is 4.11. The summed E-state index contributed by atoms with van der Waals surface area (Å²) < 4.78 is 5.34. The third kappa shape index (κ3) is 2.86. The van der Waals surface area contributed by atoms with Crippen LogP contribution in [0.3, 0.4) is 0 Å². The van der Waals surface area contributed by atoms with Gasteiger partial charge in [-0.15, -0.1) is 0 Å². The smallest absolute Gasteiger partial charge is 0.347 e. The number of carboxylic acid groups (broad SMARTS) is 1. The van der Waals surface area contributed by atoms with E-state index in [0.29, 0.717) is 10.8 Å². The van der Waals surface area contributed by atoms with Crippen LogP contribution in [-0.2, 0) is 4.79 Å². The van der Waals surface area contributed by atoms with Crippen molar-refractivity contribution in [2.45, 2.75) is 26.4 Å². The molecule has 0 bridgehead atoms. The zero-order valence-corrected chi connectivity index (χ0v) is 9.63. The third-order valence-corrected chi connectivity index (χ3v) is 2.44. The van der Waals surface area contributed by atoms with Crippen molar-refractivity contribution in [3.8, 4) is 5.75 Å². The predicted octanol–water partition coefficient (Wildman–Crippen LogP) is 2.89. The normalized spacial score (nSPS) is 11.2. The van der Waals surface area contributed by atoms with Crippen molar-refractivity contribution in [1.82, 2.24) is 0 Å². The van der Waals surface area contributed by atoms with Crippen molar-refractivity contribution in [3.63, 3.8) is 0 Å². The van der Waals surface area contributed by atoms with Crippen LogP contribution in [0.4, 0.5) is 0 Å². The van der Waals surface area contributed by atoms with E-state index in [0.717, 1.165) is 5.56 Å². The maximum atomic E-state index is 10.8. The monoisotopic (exact) mass is 228 g/mol. The second-order valence-corrected chi connectivity index (χ2v) is 4.24. The van der Waals surface area contributed by atoms with Crippen molar-refractivity contribution < 1.29 is 14.6 Å². The topological polar surface area (TPSA) is 46.5 Å². The number of carbonyl (C=O) groups is 1. The van der Waals surface area contributed by atoms with Crippen LogP contribution < -0.4 is 4.74 Å². The highest BCUT2D eigenvalue weighted by molar-refractivity contribution is 6.31. The van der Waals surface area contributed by atoms with Crippen LogP contribution in [0.5, 0.6) is 5.75 Å². The zero-order valence-electron chi connectivity index (χ0n) is 8.87. The summed E-state index contributed by atoms with van der Waals surface area (Å²) in [6, 6.07) is 5.05. The standard InChI is InChI=1S/C11H13ClO3/c1-7-6-8(4-5-9(7)12)15-11(2,3)10(13)14/h4-6H,1-3H3,(H,13,14). The Kier molecular flexibility index (Phi) is 3.25. The minimum Gasteiger partial charge on any atom is -0.478 e. The SMILES string of the molecule is Cc1cc(OC(C)(C)C(=O)O)ccc1Cl. The molecule has 0 amide bonds. The van der Waals surface area contributed by atoms with E-state index in [1.807, 2.05) is 6.92 Å². The minimum atomic E-state index is -1.24. The molecule has 0 aliphatic carbocycles. The Labute approximate surface area is 93.6 Å². The Hall–Kier alpha value is -1.22. The van der Waals surface area contributed by atoms with Gasteiger partial charge < -0.3 is 9.84 Å². The van der Waals surface area contributed by atoms with Crippen LogP contribution in [0.25, 0.3) is 0 Å². The first kappa shape index (κ1) is 11.9. The van der Waals surface area contributed by atoms with Crippen molar-refractivity contribution in [2.75, 3.05) is 0 Å². The molecule has 3 nitrogen and oxygen atoms in total. The lowest BCUT2D eigenvalue weighted by Gasteiger charge is -2.21. The first-order chi connectivity index (χ1) is 6.83. The maximum absolute atomic E-state index is 10.8. The average Bonchev–Trinajstić information content (AvgIpc) is 2.10. The van der Waals surface area contributed by atoms with Crippen LogP contribution >= 0.6 is 11.6 Å². The molecule has 0 aliphatic heterocycles. The summed E-state index contributed by atoms with van der Waals surface area (Å²) in [6.45, 7) is 4.83. The first-order valence-corrected chi connectivity index (χ1v) is 4.89. The Morgan fingerprint density at radius 3 is 2.53 bits per heavy atom. The number of hydrogen-bond donors (Lipinski definition) is 1. The van der Waals surface area contributed by atoms with Crippen LogP contribution in [0.1, 0.15) is 19.4 Å². The summed E-state index contributed by atoms with van der Waals surface area (Å²) >= 11 is 5.84. The molecule has 0 aromatic heterocycles. The van der Waals surface area contributed by atoms with Gasteiger partial charge in [-0.2, -0.15) is 0 Å². The highest BCUT2D eigenvalue weighted by Crippen LogP contribution is 2.24. The summed E-state index contributed by atoms with van der Waals surface area (Å²) in [5.41, 5.74) is -0.379. The van der Waals surface area contributed by atoms with Crippen molar-refractivity contribution in [3.05, 3.63) is 28.8 Å². The number of hydrogen-bond acceptors (Lipinski definition) is 2. The van der Waals surface area contributed by atoms with Crippen LogP contribution in [0.15, 0.2) is 18.2 Å². The van der Waals surface area contributed by atoms with Gasteiger partial charge in [0, 0.05) is 5.02 Å². The minimum absolute atomic E-state index is 0.504. The molecule has 1 aromatic rings. The van der Waals surface area contributed by atoms with E-state index in [4.69, 9.17) is 21.4 Å². The third-order valence-electron chi connectivity index (χ3n) is 2.02. The van der Waals surface area contributed by atoms with Gasteiger partial charge in [-0.3, -0.25) is 0 Å². The van der Waals surface area contributed by atoms with E-state index < -0.39 is 11.6 Å². The summed E-state index contributed by atoms with van der Waals surface area (Å²) in [4.78, 5) is 10.8. The summed E-state index contributed by atoms with van der Waals surface area (Å²) in [5, 5.41) is 9.51.